The molecule has 27 heavy (non-hydrogen) atoms. The van der Waals surface area contributed by atoms with Gasteiger partial charge in [0.25, 0.3) is 0 Å². The maximum absolute atomic E-state index is 11.7. The minimum atomic E-state index is -0.575. The van der Waals surface area contributed by atoms with Gasteiger partial charge in [0, 0.05) is 15.7 Å². The van der Waals surface area contributed by atoms with Crippen LogP contribution >= 0.6 is 34.8 Å². The van der Waals surface area contributed by atoms with E-state index in [9.17, 15) is 10.1 Å². The van der Waals surface area contributed by atoms with Crippen molar-refractivity contribution in [3.05, 3.63) is 73.5 Å². The van der Waals surface area contributed by atoms with Gasteiger partial charge in [0.1, 0.15) is 6.33 Å². The van der Waals surface area contributed by atoms with E-state index in [1.807, 2.05) is 6.92 Å². The molecular formula is C17H12Cl3N5O2. The van der Waals surface area contributed by atoms with Gasteiger partial charge in [-0.15, -0.1) is 0 Å². The number of hydrogen-bond donors (Lipinski definition) is 2. The van der Waals surface area contributed by atoms with Crippen LogP contribution in [0.25, 0.3) is 0 Å². The zero-order valence-electron chi connectivity index (χ0n) is 13.8. The van der Waals surface area contributed by atoms with Gasteiger partial charge in [-0.2, -0.15) is 0 Å². The van der Waals surface area contributed by atoms with Crippen LogP contribution in [0.4, 0.5) is 28.7 Å². The van der Waals surface area contributed by atoms with Crippen LogP contribution in [0.5, 0.6) is 0 Å². The molecule has 0 aliphatic carbocycles. The number of rotatable bonds is 5. The van der Waals surface area contributed by atoms with Crippen LogP contribution < -0.4 is 10.6 Å². The fraction of sp³-hybridized carbons (Fsp3) is 0.0588. The van der Waals surface area contributed by atoms with Gasteiger partial charge in [0.05, 0.1) is 15.6 Å². The van der Waals surface area contributed by atoms with Crippen molar-refractivity contribution in [2.45, 2.75) is 6.92 Å². The molecule has 2 aromatic carbocycles. The summed E-state index contributed by atoms with van der Waals surface area (Å²) in [6.45, 7) is 1.83. The zero-order valence-corrected chi connectivity index (χ0v) is 16.1. The molecule has 0 radical (unpaired) electrons. The first-order valence-electron chi connectivity index (χ1n) is 7.60. The van der Waals surface area contributed by atoms with E-state index in [1.165, 1.54) is 6.33 Å². The Bertz CT molecular complexity index is 1030. The molecule has 0 bridgehead atoms. The summed E-state index contributed by atoms with van der Waals surface area (Å²) in [6.07, 6.45) is 1.21. The highest BCUT2D eigenvalue weighted by Crippen LogP contribution is 2.36. The second-order valence-electron chi connectivity index (χ2n) is 5.51. The predicted octanol–water partition coefficient (Wildman–Crippen LogP) is 6.14. The first kappa shape index (κ1) is 19.2. The summed E-state index contributed by atoms with van der Waals surface area (Å²) >= 11 is 18.0. The van der Waals surface area contributed by atoms with Crippen LogP contribution in [0, 0.1) is 17.0 Å². The Labute approximate surface area is 169 Å². The summed E-state index contributed by atoms with van der Waals surface area (Å²) in [6, 6.07) is 9.86. The normalized spacial score (nSPS) is 10.5. The minimum absolute atomic E-state index is 0.0201. The molecule has 2 N–H and O–H groups in total. The van der Waals surface area contributed by atoms with Gasteiger partial charge in [-0.05, 0) is 48.9 Å². The van der Waals surface area contributed by atoms with Gasteiger partial charge in [-0.3, -0.25) is 10.1 Å². The molecule has 0 aliphatic heterocycles. The highest BCUT2D eigenvalue weighted by Gasteiger charge is 2.24. The van der Waals surface area contributed by atoms with Crippen molar-refractivity contribution >= 4 is 63.5 Å². The third kappa shape index (κ3) is 4.39. The third-order valence-corrected chi connectivity index (χ3v) is 4.43. The Morgan fingerprint density at radius 1 is 0.926 bits per heavy atom. The quantitative estimate of drug-likeness (QED) is 0.377. The van der Waals surface area contributed by atoms with E-state index >= 15 is 0 Å². The van der Waals surface area contributed by atoms with Crippen LogP contribution in [0.3, 0.4) is 0 Å². The fourth-order valence-electron chi connectivity index (χ4n) is 2.35. The lowest BCUT2D eigenvalue weighted by Gasteiger charge is -2.12. The third-order valence-electron chi connectivity index (χ3n) is 3.63. The number of nitrogens with one attached hydrogen (secondary N) is 2. The van der Waals surface area contributed by atoms with Gasteiger partial charge in [-0.1, -0.05) is 34.8 Å². The molecule has 3 rings (SSSR count). The summed E-state index contributed by atoms with van der Waals surface area (Å²) < 4.78 is 0. The number of aromatic nitrogens is 2. The van der Waals surface area contributed by atoms with E-state index in [2.05, 4.69) is 20.6 Å². The predicted molar refractivity (Wildman–Crippen MR) is 108 cm³/mol. The topological polar surface area (TPSA) is 93.0 Å². The van der Waals surface area contributed by atoms with Crippen molar-refractivity contribution in [2.24, 2.45) is 0 Å². The maximum Gasteiger partial charge on any atom is 0.353 e. The van der Waals surface area contributed by atoms with Crippen molar-refractivity contribution in [2.75, 3.05) is 10.6 Å². The smallest absolute Gasteiger partial charge is 0.334 e. The zero-order chi connectivity index (χ0) is 19.6. The van der Waals surface area contributed by atoms with E-state index < -0.39 is 4.92 Å². The summed E-state index contributed by atoms with van der Waals surface area (Å²) in [5.41, 5.74) is 1.50. The molecule has 0 spiro atoms. The lowest BCUT2D eigenvalue weighted by Crippen LogP contribution is -2.06. The first-order chi connectivity index (χ1) is 12.8. The molecule has 0 saturated carbocycles. The number of halogens is 3. The summed E-state index contributed by atoms with van der Waals surface area (Å²) in [5.74, 6) is 0.00866. The molecule has 0 atom stereocenters. The van der Waals surface area contributed by atoms with Crippen molar-refractivity contribution in [3.8, 4) is 0 Å². The summed E-state index contributed by atoms with van der Waals surface area (Å²) in [5, 5.41) is 18.8. The molecule has 3 aromatic rings. The number of aryl methyl sites for hydroxylation is 1. The molecule has 0 fully saturated rings. The van der Waals surface area contributed by atoms with Gasteiger partial charge in [-0.25, -0.2) is 9.97 Å². The number of benzene rings is 2. The molecular weight excluding hydrogens is 413 g/mol. The molecule has 1 heterocycles. The SMILES string of the molecule is Cc1cc(Cl)ccc1Nc1ncnc(Nc2cc(Cl)ccc2Cl)c1[N+](=O)[O-]. The number of nitro groups is 1. The van der Waals surface area contributed by atoms with E-state index in [1.54, 1.807) is 36.4 Å². The Morgan fingerprint density at radius 3 is 2.15 bits per heavy atom. The monoisotopic (exact) mass is 423 g/mol. The number of hydrogen-bond acceptors (Lipinski definition) is 6. The van der Waals surface area contributed by atoms with Crippen LogP contribution in [0.15, 0.2) is 42.7 Å². The van der Waals surface area contributed by atoms with E-state index in [0.29, 0.717) is 26.4 Å². The lowest BCUT2D eigenvalue weighted by atomic mass is 10.2. The maximum atomic E-state index is 11.7. The Balaban J connectivity index is 2.02. The molecule has 10 heteroatoms. The standard InChI is InChI=1S/C17H12Cl3N5O2/c1-9-6-10(18)3-5-13(9)23-16-15(25(26)27)17(22-8-21-16)24-14-7-11(19)2-4-12(14)20/h2-8H,1H3,(H2,21,22,23,24). The fourth-order valence-corrected chi connectivity index (χ4v) is 2.91. The molecule has 0 unspecified atom stereocenters. The van der Waals surface area contributed by atoms with Gasteiger partial charge in [0.2, 0.25) is 11.6 Å². The van der Waals surface area contributed by atoms with Gasteiger partial charge in [0.15, 0.2) is 0 Å². The highest BCUT2D eigenvalue weighted by molar-refractivity contribution is 6.35. The van der Waals surface area contributed by atoms with Gasteiger partial charge >= 0.3 is 5.69 Å². The van der Waals surface area contributed by atoms with Crippen molar-refractivity contribution in [3.63, 3.8) is 0 Å². The van der Waals surface area contributed by atoms with Crippen LogP contribution in [0.1, 0.15) is 5.56 Å². The number of nitrogens with zero attached hydrogens (tertiary/aromatic N) is 3. The lowest BCUT2D eigenvalue weighted by molar-refractivity contribution is -0.383. The average Bonchev–Trinajstić information content (AvgIpc) is 2.60. The van der Waals surface area contributed by atoms with E-state index in [-0.39, 0.29) is 17.3 Å². The van der Waals surface area contributed by atoms with Crippen molar-refractivity contribution in [1.29, 1.82) is 0 Å². The summed E-state index contributed by atoms with van der Waals surface area (Å²) in [7, 11) is 0. The van der Waals surface area contributed by atoms with Crippen molar-refractivity contribution in [1.82, 2.24) is 9.97 Å². The summed E-state index contributed by atoms with van der Waals surface area (Å²) in [4.78, 5) is 19.1. The average molecular weight is 425 g/mol. The first-order valence-corrected chi connectivity index (χ1v) is 8.73. The molecule has 138 valence electrons. The van der Waals surface area contributed by atoms with Gasteiger partial charge < -0.3 is 10.6 Å². The Kier molecular flexibility index (Phi) is 5.65. The highest BCUT2D eigenvalue weighted by atomic mass is 35.5. The minimum Gasteiger partial charge on any atom is -0.334 e. The van der Waals surface area contributed by atoms with E-state index in [4.69, 9.17) is 34.8 Å². The largest absolute Gasteiger partial charge is 0.353 e. The van der Waals surface area contributed by atoms with Crippen LogP contribution in [-0.2, 0) is 0 Å². The second kappa shape index (κ2) is 7.96. The molecule has 0 amide bonds. The molecule has 0 aliphatic rings. The van der Waals surface area contributed by atoms with E-state index in [0.717, 1.165) is 5.56 Å². The van der Waals surface area contributed by atoms with Crippen molar-refractivity contribution < 1.29 is 4.92 Å². The van der Waals surface area contributed by atoms with Crippen LogP contribution in [-0.4, -0.2) is 14.9 Å². The van der Waals surface area contributed by atoms with Crippen LogP contribution in [0.2, 0.25) is 15.1 Å². The molecule has 0 saturated heterocycles. The second-order valence-corrected chi connectivity index (χ2v) is 6.79. The Morgan fingerprint density at radius 2 is 1.52 bits per heavy atom. The Hall–Kier alpha value is -2.61. The molecule has 1 aromatic heterocycles. The number of anilines is 4. The molecule has 7 nitrogen and oxygen atoms in total.